The highest BCUT2D eigenvalue weighted by Crippen LogP contribution is 2.38. The molecule has 238 valence electrons. The Kier molecular flexibility index (Phi) is 7.29. The van der Waals surface area contributed by atoms with Crippen molar-refractivity contribution in [3.63, 3.8) is 0 Å². The van der Waals surface area contributed by atoms with Crippen molar-refractivity contribution >= 4 is 38.9 Å². The molecule has 0 aliphatic rings. The van der Waals surface area contributed by atoms with E-state index in [0.717, 1.165) is 51.2 Å². The first kappa shape index (κ1) is 29.4. The minimum absolute atomic E-state index is 0.799. The van der Waals surface area contributed by atoms with Crippen molar-refractivity contribution in [1.82, 2.24) is 19.3 Å². The molecule has 9 rings (SSSR count). The number of hydrogen-bond donors (Lipinski definition) is 0. The highest BCUT2D eigenvalue weighted by molar-refractivity contribution is 6.09. The van der Waals surface area contributed by atoms with Gasteiger partial charge in [0.05, 0.1) is 11.0 Å². The minimum atomic E-state index is 0.799. The average Bonchev–Trinajstić information content (AvgIpc) is 3.77. The zero-order chi connectivity index (χ0) is 33.4. The van der Waals surface area contributed by atoms with Crippen LogP contribution in [-0.2, 0) is 0 Å². The van der Waals surface area contributed by atoms with Gasteiger partial charge in [0.1, 0.15) is 0 Å². The number of aryl methyl sites for hydroxylation is 1. The van der Waals surface area contributed by atoms with Gasteiger partial charge in [0.15, 0.2) is 11.6 Å². The smallest absolute Gasteiger partial charge is 0.168 e. The third-order valence-electron chi connectivity index (χ3n) is 9.30. The monoisotopic (exact) mass is 643 g/mol. The SMILES string of the molecule is Cc1cccc(N(c2ccc(-n3c(-c4ccccc4)nnc3-c3ccccc3)cc2)c2ccc(-n3c4ccccc4c4ccccc43)cc2)c1. The maximum atomic E-state index is 4.67. The van der Waals surface area contributed by atoms with Crippen molar-refractivity contribution in [2.75, 3.05) is 4.90 Å². The maximum absolute atomic E-state index is 4.67. The summed E-state index contributed by atoms with van der Waals surface area (Å²) in [7, 11) is 0. The van der Waals surface area contributed by atoms with Gasteiger partial charge in [-0.2, -0.15) is 0 Å². The van der Waals surface area contributed by atoms with E-state index in [4.69, 9.17) is 0 Å². The molecule has 0 N–H and O–H groups in total. The Morgan fingerprint density at radius 2 is 0.860 bits per heavy atom. The molecule has 7 aromatic carbocycles. The van der Waals surface area contributed by atoms with E-state index in [1.807, 2.05) is 36.4 Å². The van der Waals surface area contributed by atoms with E-state index in [9.17, 15) is 0 Å². The quantitative estimate of drug-likeness (QED) is 0.173. The van der Waals surface area contributed by atoms with E-state index in [1.165, 1.54) is 27.4 Å². The van der Waals surface area contributed by atoms with Gasteiger partial charge in [0, 0.05) is 50.3 Å². The number of rotatable bonds is 7. The third-order valence-corrected chi connectivity index (χ3v) is 9.30. The highest BCUT2D eigenvalue weighted by atomic mass is 15.3. The summed E-state index contributed by atoms with van der Waals surface area (Å²) in [4.78, 5) is 2.31. The molecule has 50 heavy (non-hydrogen) atoms. The normalized spacial score (nSPS) is 11.3. The van der Waals surface area contributed by atoms with Gasteiger partial charge in [0.2, 0.25) is 0 Å². The molecular formula is C45H33N5. The molecule has 0 unspecified atom stereocenters. The average molecular weight is 644 g/mol. The zero-order valence-corrected chi connectivity index (χ0v) is 27.6. The number of fused-ring (bicyclic) bond motifs is 3. The van der Waals surface area contributed by atoms with Crippen molar-refractivity contribution in [2.45, 2.75) is 6.92 Å². The van der Waals surface area contributed by atoms with Crippen LogP contribution in [0.1, 0.15) is 5.56 Å². The number of nitrogens with zero attached hydrogens (tertiary/aromatic N) is 5. The first-order valence-electron chi connectivity index (χ1n) is 16.8. The third kappa shape index (κ3) is 5.13. The van der Waals surface area contributed by atoms with Gasteiger partial charge >= 0.3 is 0 Å². The van der Waals surface area contributed by atoms with Crippen molar-refractivity contribution in [3.05, 3.63) is 188 Å². The molecule has 0 atom stereocenters. The van der Waals surface area contributed by atoms with Gasteiger partial charge in [-0.15, -0.1) is 10.2 Å². The molecule has 0 aliphatic carbocycles. The molecule has 0 fully saturated rings. The second-order valence-electron chi connectivity index (χ2n) is 12.5. The van der Waals surface area contributed by atoms with Crippen molar-refractivity contribution in [3.8, 4) is 34.2 Å². The Labute approximate surface area is 291 Å². The van der Waals surface area contributed by atoms with Crippen LogP contribution in [0.15, 0.2) is 182 Å². The second-order valence-corrected chi connectivity index (χ2v) is 12.5. The summed E-state index contributed by atoms with van der Waals surface area (Å²) < 4.78 is 4.50. The van der Waals surface area contributed by atoms with E-state index in [1.54, 1.807) is 0 Å². The van der Waals surface area contributed by atoms with Crippen LogP contribution >= 0.6 is 0 Å². The lowest BCUT2D eigenvalue weighted by Gasteiger charge is -2.26. The van der Waals surface area contributed by atoms with Crippen LogP contribution in [0.3, 0.4) is 0 Å². The number of aromatic nitrogens is 4. The number of benzene rings is 7. The van der Waals surface area contributed by atoms with Crippen molar-refractivity contribution in [1.29, 1.82) is 0 Å². The Hall–Kier alpha value is -6.72. The van der Waals surface area contributed by atoms with E-state index < -0.39 is 0 Å². The first-order chi connectivity index (χ1) is 24.7. The summed E-state index contributed by atoms with van der Waals surface area (Å²) in [5.41, 5.74) is 11.0. The predicted molar refractivity (Wildman–Crippen MR) is 206 cm³/mol. The molecule has 0 spiro atoms. The van der Waals surface area contributed by atoms with E-state index in [2.05, 4.69) is 177 Å². The second kappa shape index (κ2) is 12.4. The largest absolute Gasteiger partial charge is 0.310 e. The van der Waals surface area contributed by atoms with Gasteiger partial charge in [-0.3, -0.25) is 4.57 Å². The lowest BCUT2D eigenvalue weighted by atomic mass is 10.1. The standard InChI is InChI=1S/C45H33N5/c1-32-13-12-18-39(31-32)48(35-23-27-37(28-24-35)49-42-21-10-8-19-40(42)41-20-9-11-22-43(41)49)36-25-29-38(30-26-36)50-44(33-14-4-2-5-15-33)46-47-45(50)34-16-6-3-7-17-34/h2-31H,1H3. The summed E-state index contributed by atoms with van der Waals surface area (Å²) >= 11 is 0. The molecule has 2 heterocycles. The molecule has 0 saturated carbocycles. The van der Waals surface area contributed by atoms with E-state index >= 15 is 0 Å². The summed E-state index contributed by atoms with van der Waals surface area (Å²) in [5, 5.41) is 11.9. The van der Waals surface area contributed by atoms with Crippen LogP contribution in [0, 0.1) is 6.92 Å². The van der Waals surface area contributed by atoms with E-state index in [-0.39, 0.29) is 0 Å². The van der Waals surface area contributed by atoms with Gasteiger partial charge in [-0.1, -0.05) is 109 Å². The number of hydrogen-bond acceptors (Lipinski definition) is 3. The fraction of sp³-hybridized carbons (Fsp3) is 0.0222. The van der Waals surface area contributed by atoms with Gasteiger partial charge < -0.3 is 9.47 Å². The number of anilines is 3. The topological polar surface area (TPSA) is 38.9 Å². The summed E-state index contributed by atoms with van der Waals surface area (Å²) in [6.45, 7) is 2.14. The fourth-order valence-corrected chi connectivity index (χ4v) is 6.99. The first-order valence-corrected chi connectivity index (χ1v) is 16.8. The molecule has 0 saturated heterocycles. The highest BCUT2D eigenvalue weighted by Gasteiger charge is 2.19. The van der Waals surface area contributed by atoms with Gasteiger partial charge in [-0.25, -0.2) is 0 Å². The Balaban J connectivity index is 1.14. The van der Waals surface area contributed by atoms with E-state index in [0.29, 0.717) is 0 Å². The molecule has 0 radical (unpaired) electrons. The molecule has 5 nitrogen and oxygen atoms in total. The lowest BCUT2D eigenvalue weighted by molar-refractivity contribution is 1.07. The van der Waals surface area contributed by atoms with Gasteiger partial charge in [0.25, 0.3) is 0 Å². The molecule has 5 heteroatoms. The van der Waals surface area contributed by atoms with Crippen LogP contribution in [0.4, 0.5) is 17.1 Å². The summed E-state index contributed by atoms with van der Waals surface area (Å²) in [6.07, 6.45) is 0. The van der Waals surface area contributed by atoms with Crippen LogP contribution in [0.25, 0.3) is 56.0 Å². The van der Waals surface area contributed by atoms with Crippen molar-refractivity contribution < 1.29 is 0 Å². The van der Waals surface area contributed by atoms with Crippen LogP contribution < -0.4 is 4.90 Å². The Bertz CT molecular complexity index is 2470. The molecule has 0 bridgehead atoms. The zero-order valence-electron chi connectivity index (χ0n) is 27.6. The fourth-order valence-electron chi connectivity index (χ4n) is 6.99. The number of para-hydroxylation sites is 2. The molecule has 9 aromatic rings. The van der Waals surface area contributed by atoms with Crippen LogP contribution in [0.5, 0.6) is 0 Å². The maximum Gasteiger partial charge on any atom is 0.168 e. The van der Waals surface area contributed by atoms with Gasteiger partial charge in [-0.05, 0) is 85.3 Å². The van der Waals surface area contributed by atoms with Crippen molar-refractivity contribution in [2.24, 2.45) is 0 Å². The van der Waals surface area contributed by atoms with Crippen LogP contribution in [0.2, 0.25) is 0 Å². The molecular weight excluding hydrogens is 611 g/mol. The summed E-state index contributed by atoms with van der Waals surface area (Å²) in [5.74, 6) is 1.60. The minimum Gasteiger partial charge on any atom is -0.310 e. The molecule has 2 aromatic heterocycles. The summed E-state index contributed by atoms with van der Waals surface area (Å²) in [6, 6.07) is 64.0. The van der Waals surface area contributed by atoms with Crippen LogP contribution in [-0.4, -0.2) is 19.3 Å². The Morgan fingerprint density at radius 3 is 1.36 bits per heavy atom. The lowest BCUT2D eigenvalue weighted by Crippen LogP contribution is -2.10. The molecule has 0 amide bonds. The molecule has 0 aliphatic heterocycles. The predicted octanol–water partition coefficient (Wildman–Crippen LogP) is 11.5. The Morgan fingerprint density at radius 1 is 0.400 bits per heavy atom.